The molecule has 1 amide bonds. The standard InChI is InChI=1S/C19H21ClN2O4/c1-22(15-6-3-2-4-7-15)11-5-10-21-18(24)13-26-19(25)16-9-8-14(20)12-17(16)23/h2-4,6-9,12,23H,5,10-11,13H2,1H3,(H,21,24). The number of anilines is 1. The Bertz CT molecular complexity index is 752. The van der Waals surface area contributed by atoms with Gasteiger partial charge in [0, 0.05) is 30.8 Å². The molecule has 0 aliphatic rings. The Hall–Kier alpha value is -2.73. The van der Waals surface area contributed by atoms with Crippen LogP contribution in [0.3, 0.4) is 0 Å². The van der Waals surface area contributed by atoms with Crippen molar-refractivity contribution < 1.29 is 19.4 Å². The largest absolute Gasteiger partial charge is 0.507 e. The van der Waals surface area contributed by atoms with Gasteiger partial charge in [-0.3, -0.25) is 4.79 Å². The number of nitrogens with zero attached hydrogens (tertiary/aromatic N) is 1. The van der Waals surface area contributed by atoms with E-state index in [1.807, 2.05) is 37.4 Å². The first-order valence-corrected chi connectivity index (χ1v) is 8.53. The predicted molar refractivity (Wildman–Crippen MR) is 101 cm³/mol. The Morgan fingerprint density at radius 1 is 1.19 bits per heavy atom. The number of benzene rings is 2. The van der Waals surface area contributed by atoms with E-state index < -0.39 is 18.5 Å². The molecule has 0 aliphatic carbocycles. The van der Waals surface area contributed by atoms with E-state index in [4.69, 9.17) is 16.3 Å². The number of phenolic OH excluding ortho intramolecular Hbond substituents is 1. The molecule has 0 radical (unpaired) electrons. The summed E-state index contributed by atoms with van der Waals surface area (Å²) in [5.41, 5.74) is 1.07. The van der Waals surface area contributed by atoms with Gasteiger partial charge in [0.25, 0.3) is 5.91 Å². The molecule has 0 heterocycles. The first kappa shape index (κ1) is 19.6. The third kappa shape index (κ3) is 5.97. The van der Waals surface area contributed by atoms with Crippen molar-refractivity contribution in [2.75, 3.05) is 31.6 Å². The number of rotatable bonds is 8. The predicted octanol–water partition coefficient (Wildman–Crippen LogP) is 2.85. The van der Waals surface area contributed by atoms with Crippen LogP contribution in [-0.4, -0.2) is 43.7 Å². The van der Waals surface area contributed by atoms with Crippen LogP contribution in [0.1, 0.15) is 16.8 Å². The first-order chi connectivity index (χ1) is 12.5. The van der Waals surface area contributed by atoms with Gasteiger partial charge in [0.15, 0.2) is 6.61 Å². The van der Waals surface area contributed by atoms with Crippen molar-refractivity contribution in [1.29, 1.82) is 0 Å². The van der Waals surface area contributed by atoms with Crippen molar-refractivity contribution >= 4 is 29.2 Å². The van der Waals surface area contributed by atoms with Crippen molar-refractivity contribution in [1.82, 2.24) is 5.32 Å². The summed E-state index contributed by atoms with van der Waals surface area (Å²) in [6.45, 7) is 0.845. The molecule has 138 valence electrons. The number of hydrogen-bond donors (Lipinski definition) is 2. The average molecular weight is 377 g/mol. The maximum Gasteiger partial charge on any atom is 0.342 e. The van der Waals surface area contributed by atoms with E-state index in [0.29, 0.717) is 11.6 Å². The lowest BCUT2D eigenvalue weighted by Crippen LogP contribution is -2.31. The number of aromatic hydroxyl groups is 1. The van der Waals surface area contributed by atoms with Crippen LogP contribution in [0.2, 0.25) is 5.02 Å². The summed E-state index contributed by atoms with van der Waals surface area (Å²) in [5.74, 6) is -1.46. The summed E-state index contributed by atoms with van der Waals surface area (Å²) in [6.07, 6.45) is 0.753. The summed E-state index contributed by atoms with van der Waals surface area (Å²) >= 11 is 5.70. The van der Waals surface area contributed by atoms with Crippen molar-refractivity contribution in [2.45, 2.75) is 6.42 Å². The minimum absolute atomic E-state index is 0.0355. The second-order valence-electron chi connectivity index (χ2n) is 5.70. The molecule has 2 aromatic carbocycles. The Labute approximate surface area is 157 Å². The van der Waals surface area contributed by atoms with Gasteiger partial charge < -0.3 is 20.1 Å². The molecule has 26 heavy (non-hydrogen) atoms. The maximum absolute atomic E-state index is 11.8. The van der Waals surface area contributed by atoms with Gasteiger partial charge in [-0.15, -0.1) is 0 Å². The lowest BCUT2D eigenvalue weighted by Gasteiger charge is -2.19. The van der Waals surface area contributed by atoms with E-state index >= 15 is 0 Å². The van der Waals surface area contributed by atoms with E-state index in [1.165, 1.54) is 18.2 Å². The van der Waals surface area contributed by atoms with Crippen LogP contribution in [0.5, 0.6) is 5.75 Å². The van der Waals surface area contributed by atoms with Gasteiger partial charge in [0.05, 0.1) is 0 Å². The minimum Gasteiger partial charge on any atom is -0.507 e. The quantitative estimate of drug-likeness (QED) is 0.547. The van der Waals surface area contributed by atoms with Gasteiger partial charge in [0.2, 0.25) is 0 Å². The molecule has 0 aromatic heterocycles. The molecule has 0 unspecified atom stereocenters. The number of halogens is 1. The Balaban J connectivity index is 1.66. The van der Waals surface area contributed by atoms with Crippen molar-refractivity contribution in [3.8, 4) is 5.75 Å². The van der Waals surface area contributed by atoms with Crippen molar-refractivity contribution in [3.05, 3.63) is 59.1 Å². The number of ether oxygens (including phenoxy) is 1. The van der Waals surface area contributed by atoms with Crippen LogP contribution < -0.4 is 10.2 Å². The van der Waals surface area contributed by atoms with Crippen molar-refractivity contribution in [3.63, 3.8) is 0 Å². The van der Waals surface area contributed by atoms with Crippen molar-refractivity contribution in [2.24, 2.45) is 0 Å². The zero-order valence-corrected chi connectivity index (χ0v) is 15.2. The van der Waals surface area contributed by atoms with E-state index in [2.05, 4.69) is 10.2 Å². The van der Waals surface area contributed by atoms with Crippen LogP contribution in [0.4, 0.5) is 5.69 Å². The van der Waals surface area contributed by atoms with Crippen LogP contribution in [0.25, 0.3) is 0 Å². The highest BCUT2D eigenvalue weighted by Gasteiger charge is 2.14. The Kier molecular flexibility index (Phi) is 7.29. The molecule has 7 heteroatoms. The topological polar surface area (TPSA) is 78.9 Å². The lowest BCUT2D eigenvalue weighted by molar-refractivity contribution is -0.124. The monoisotopic (exact) mass is 376 g/mol. The Morgan fingerprint density at radius 2 is 1.92 bits per heavy atom. The van der Waals surface area contributed by atoms with Gasteiger partial charge in [-0.2, -0.15) is 0 Å². The van der Waals surface area contributed by atoms with E-state index in [-0.39, 0.29) is 11.3 Å². The SMILES string of the molecule is CN(CCCNC(=O)COC(=O)c1ccc(Cl)cc1O)c1ccccc1. The molecule has 0 fully saturated rings. The Morgan fingerprint density at radius 3 is 2.62 bits per heavy atom. The van der Waals surface area contributed by atoms with Crippen LogP contribution >= 0.6 is 11.6 Å². The van der Waals surface area contributed by atoms with Gasteiger partial charge in [0.1, 0.15) is 11.3 Å². The molecule has 2 N–H and O–H groups in total. The third-order valence-electron chi connectivity index (χ3n) is 3.70. The lowest BCUT2D eigenvalue weighted by atomic mass is 10.2. The number of hydrogen-bond acceptors (Lipinski definition) is 5. The van der Waals surface area contributed by atoms with Gasteiger partial charge in [-0.05, 0) is 36.8 Å². The fourth-order valence-electron chi connectivity index (χ4n) is 2.29. The highest BCUT2D eigenvalue weighted by atomic mass is 35.5. The van der Waals surface area contributed by atoms with E-state index in [1.54, 1.807) is 0 Å². The normalized spacial score (nSPS) is 10.2. The molecule has 2 rings (SSSR count). The first-order valence-electron chi connectivity index (χ1n) is 8.16. The zero-order chi connectivity index (χ0) is 18.9. The van der Waals surface area contributed by atoms with Gasteiger partial charge in [-0.25, -0.2) is 4.79 Å². The molecule has 0 saturated heterocycles. The molecular formula is C19H21ClN2O4. The number of carbonyl (C=O) groups is 2. The number of carbonyl (C=O) groups excluding carboxylic acids is 2. The summed E-state index contributed by atoms with van der Waals surface area (Å²) in [5, 5.41) is 12.7. The maximum atomic E-state index is 11.8. The minimum atomic E-state index is -0.780. The highest BCUT2D eigenvalue weighted by molar-refractivity contribution is 6.30. The molecule has 6 nitrogen and oxygen atoms in total. The molecule has 0 saturated carbocycles. The second kappa shape index (κ2) is 9.68. The molecule has 0 bridgehead atoms. The molecule has 0 atom stereocenters. The van der Waals surface area contributed by atoms with Crippen LogP contribution in [-0.2, 0) is 9.53 Å². The fraction of sp³-hybridized carbons (Fsp3) is 0.263. The number of para-hydroxylation sites is 1. The van der Waals surface area contributed by atoms with Gasteiger partial charge >= 0.3 is 5.97 Å². The second-order valence-corrected chi connectivity index (χ2v) is 6.13. The fourth-order valence-corrected chi connectivity index (χ4v) is 2.46. The molecule has 0 spiro atoms. The summed E-state index contributed by atoms with van der Waals surface area (Å²) in [6, 6.07) is 14.0. The summed E-state index contributed by atoms with van der Waals surface area (Å²) < 4.78 is 4.89. The van der Waals surface area contributed by atoms with Crippen LogP contribution in [0, 0.1) is 0 Å². The molecule has 2 aromatic rings. The molecular weight excluding hydrogens is 356 g/mol. The average Bonchev–Trinajstić information content (AvgIpc) is 2.63. The highest BCUT2D eigenvalue weighted by Crippen LogP contribution is 2.22. The third-order valence-corrected chi connectivity index (χ3v) is 3.94. The van der Waals surface area contributed by atoms with Crippen LogP contribution in [0.15, 0.2) is 48.5 Å². The number of amides is 1. The smallest absolute Gasteiger partial charge is 0.342 e. The number of nitrogens with one attached hydrogen (secondary N) is 1. The van der Waals surface area contributed by atoms with Gasteiger partial charge in [-0.1, -0.05) is 29.8 Å². The number of phenols is 1. The van der Waals surface area contributed by atoms with E-state index in [9.17, 15) is 14.7 Å². The zero-order valence-electron chi connectivity index (χ0n) is 14.4. The summed E-state index contributed by atoms with van der Waals surface area (Å²) in [4.78, 5) is 25.7. The number of esters is 1. The summed E-state index contributed by atoms with van der Waals surface area (Å²) in [7, 11) is 1.98. The molecule has 0 aliphatic heterocycles. The van der Waals surface area contributed by atoms with E-state index in [0.717, 1.165) is 18.7 Å².